The van der Waals surface area contributed by atoms with Gasteiger partial charge in [0.05, 0.1) is 0 Å². The molecule has 0 aliphatic heterocycles. The molecule has 4 rings (SSSR count). The molecule has 0 bridgehead atoms. The summed E-state index contributed by atoms with van der Waals surface area (Å²) in [5.74, 6) is -0.0210. The van der Waals surface area contributed by atoms with Crippen molar-refractivity contribution in [3.8, 4) is 0 Å². The Morgan fingerprint density at radius 3 is 1.44 bits per heavy atom. The maximum absolute atomic E-state index is 13.5. The maximum Gasteiger partial charge on any atom is 0.250 e. The second-order valence-electron chi connectivity index (χ2n) is 7.81. The Kier molecular flexibility index (Phi) is 7.03. The lowest BCUT2D eigenvalue weighted by atomic mass is 9.87. The van der Waals surface area contributed by atoms with Gasteiger partial charge in [0.15, 0.2) is 4.87 Å². The van der Waals surface area contributed by atoms with Crippen molar-refractivity contribution in [2.24, 2.45) is 0 Å². The van der Waals surface area contributed by atoms with Crippen molar-refractivity contribution in [2.75, 3.05) is 6.54 Å². The fourth-order valence-corrected chi connectivity index (χ4v) is 4.43. The van der Waals surface area contributed by atoms with Gasteiger partial charge >= 0.3 is 0 Å². The minimum atomic E-state index is -1.28. The molecule has 0 spiro atoms. The van der Waals surface area contributed by atoms with E-state index in [9.17, 15) is 4.79 Å². The van der Waals surface area contributed by atoms with Gasteiger partial charge in [-0.25, -0.2) is 0 Å². The molecule has 2 nitrogen and oxygen atoms in total. The minimum Gasteiger partial charge on any atom is -0.354 e. The van der Waals surface area contributed by atoms with Gasteiger partial charge in [0, 0.05) is 12.5 Å². The molecule has 4 aromatic rings. The van der Waals surface area contributed by atoms with Crippen LogP contribution in [0.2, 0.25) is 0 Å². The Balaban J connectivity index is 1.55. The molecule has 3 heteroatoms. The lowest BCUT2D eigenvalue weighted by Gasteiger charge is -2.28. The van der Waals surface area contributed by atoms with Crippen LogP contribution in [0.3, 0.4) is 0 Å². The van der Waals surface area contributed by atoms with Crippen LogP contribution in [0.15, 0.2) is 121 Å². The van der Waals surface area contributed by atoms with Crippen LogP contribution in [0.25, 0.3) is 0 Å². The summed E-state index contributed by atoms with van der Waals surface area (Å²) in [4.78, 5) is 12.2. The normalized spacial score (nSPS) is 11.3. The Bertz CT molecular complexity index is 1040. The SMILES string of the molecule is O=C(NCCC(c1ccccc1)c1ccccc1)C(Cl)(c1ccccc1)c1ccccc1. The van der Waals surface area contributed by atoms with E-state index in [0.29, 0.717) is 6.54 Å². The molecule has 0 radical (unpaired) electrons. The fourth-order valence-electron chi connectivity index (χ4n) is 4.11. The third kappa shape index (κ3) is 4.76. The van der Waals surface area contributed by atoms with E-state index in [-0.39, 0.29) is 11.8 Å². The number of carbonyl (C=O) groups is 1. The van der Waals surface area contributed by atoms with Crippen LogP contribution in [0.4, 0.5) is 0 Å². The molecule has 1 N–H and O–H groups in total. The Morgan fingerprint density at radius 2 is 1.03 bits per heavy atom. The summed E-state index contributed by atoms with van der Waals surface area (Å²) in [5, 5.41) is 3.12. The van der Waals surface area contributed by atoms with E-state index < -0.39 is 4.87 Å². The molecule has 32 heavy (non-hydrogen) atoms. The lowest BCUT2D eigenvalue weighted by Crippen LogP contribution is -2.42. The van der Waals surface area contributed by atoms with Crippen molar-refractivity contribution in [1.29, 1.82) is 0 Å². The van der Waals surface area contributed by atoms with Crippen LogP contribution in [0.1, 0.15) is 34.6 Å². The van der Waals surface area contributed by atoms with Gasteiger partial charge in [-0.2, -0.15) is 0 Å². The first-order chi connectivity index (χ1) is 15.7. The van der Waals surface area contributed by atoms with Gasteiger partial charge in [-0.1, -0.05) is 133 Å². The molecule has 0 fully saturated rings. The van der Waals surface area contributed by atoms with Crippen LogP contribution >= 0.6 is 11.6 Å². The molecular formula is C29H26ClNO. The van der Waals surface area contributed by atoms with Gasteiger partial charge in [-0.05, 0) is 28.7 Å². The molecule has 0 aliphatic carbocycles. The van der Waals surface area contributed by atoms with E-state index in [4.69, 9.17) is 11.6 Å². The van der Waals surface area contributed by atoms with E-state index >= 15 is 0 Å². The first-order valence-electron chi connectivity index (χ1n) is 10.9. The van der Waals surface area contributed by atoms with Crippen molar-refractivity contribution >= 4 is 17.5 Å². The van der Waals surface area contributed by atoms with Gasteiger partial charge in [0.1, 0.15) is 0 Å². The average molecular weight is 440 g/mol. The minimum absolute atomic E-state index is 0.191. The Morgan fingerprint density at radius 1 is 0.656 bits per heavy atom. The van der Waals surface area contributed by atoms with Gasteiger partial charge in [0.25, 0.3) is 0 Å². The van der Waals surface area contributed by atoms with Crippen molar-refractivity contribution in [3.63, 3.8) is 0 Å². The summed E-state index contributed by atoms with van der Waals surface area (Å²) < 4.78 is 0. The van der Waals surface area contributed by atoms with E-state index in [2.05, 4.69) is 53.8 Å². The predicted molar refractivity (Wildman–Crippen MR) is 132 cm³/mol. The molecule has 0 heterocycles. The molecule has 0 atom stereocenters. The zero-order valence-electron chi connectivity index (χ0n) is 17.8. The third-order valence-corrected chi connectivity index (χ3v) is 6.39. The third-order valence-electron chi connectivity index (χ3n) is 5.78. The second-order valence-corrected chi connectivity index (χ2v) is 8.38. The van der Waals surface area contributed by atoms with Gasteiger partial charge in [-0.3, -0.25) is 4.79 Å². The van der Waals surface area contributed by atoms with Crippen molar-refractivity contribution in [1.82, 2.24) is 5.32 Å². The number of alkyl halides is 1. The first kappa shape index (κ1) is 21.9. The van der Waals surface area contributed by atoms with Crippen molar-refractivity contribution in [2.45, 2.75) is 17.2 Å². The van der Waals surface area contributed by atoms with Crippen molar-refractivity contribution < 1.29 is 4.79 Å². The number of hydrogen-bond donors (Lipinski definition) is 1. The summed E-state index contributed by atoms with van der Waals surface area (Å²) in [6.07, 6.45) is 0.774. The Labute approximate surface area is 194 Å². The highest BCUT2D eigenvalue weighted by Gasteiger charge is 2.39. The second kappa shape index (κ2) is 10.3. The first-order valence-corrected chi connectivity index (χ1v) is 11.3. The van der Waals surface area contributed by atoms with Gasteiger partial charge in [0.2, 0.25) is 5.91 Å². The number of hydrogen-bond acceptors (Lipinski definition) is 1. The van der Waals surface area contributed by atoms with E-state index in [0.717, 1.165) is 17.5 Å². The summed E-state index contributed by atoms with van der Waals surface area (Å²) in [6, 6.07) is 39.9. The zero-order valence-corrected chi connectivity index (χ0v) is 18.6. The average Bonchev–Trinajstić information content (AvgIpc) is 2.88. The van der Waals surface area contributed by atoms with Crippen LogP contribution < -0.4 is 5.32 Å². The molecule has 0 saturated carbocycles. The largest absolute Gasteiger partial charge is 0.354 e. The summed E-state index contributed by atoms with van der Waals surface area (Å²) >= 11 is 7.08. The number of benzene rings is 4. The molecule has 0 aliphatic rings. The quantitative estimate of drug-likeness (QED) is 0.311. The smallest absolute Gasteiger partial charge is 0.250 e. The highest BCUT2D eigenvalue weighted by molar-refractivity contribution is 6.37. The summed E-state index contributed by atoms with van der Waals surface area (Å²) in [5.41, 5.74) is 3.98. The van der Waals surface area contributed by atoms with E-state index in [1.54, 1.807) is 0 Å². The highest BCUT2D eigenvalue weighted by Crippen LogP contribution is 2.37. The molecular weight excluding hydrogens is 414 g/mol. The lowest BCUT2D eigenvalue weighted by molar-refractivity contribution is -0.122. The topological polar surface area (TPSA) is 29.1 Å². The maximum atomic E-state index is 13.5. The summed E-state index contributed by atoms with van der Waals surface area (Å²) in [6.45, 7) is 0.515. The number of nitrogens with one attached hydrogen (secondary N) is 1. The van der Waals surface area contributed by atoms with Crippen molar-refractivity contribution in [3.05, 3.63) is 144 Å². The number of carbonyl (C=O) groups excluding carboxylic acids is 1. The molecule has 0 aromatic heterocycles. The molecule has 1 amide bonds. The van der Waals surface area contributed by atoms with Crippen LogP contribution in [0, 0.1) is 0 Å². The van der Waals surface area contributed by atoms with Crippen LogP contribution in [0.5, 0.6) is 0 Å². The molecule has 0 saturated heterocycles. The number of rotatable bonds is 8. The monoisotopic (exact) mass is 439 g/mol. The van der Waals surface area contributed by atoms with Gasteiger partial charge < -0.3 is 5.32 Å². The van der Waals surface area contributed by atoms with Gasteiger partial charge in [-0.15, -0.1) is 0 Å². The zero-order chi connectivity index (χ0) is 22.2. The molecule has 160 valence electrons. The van der Waals surface area contributed by atoms with Crippen LogP contribution in [-0.4, -0.2) is 12.5 Å². The van der Waals surface area contributed by atoms with E-state index in [1.807, 2.05) is 72.8 Å². The standard InChI is InChI=1S/C29H26ClNO/c30-29(25-17-9-3-10-18-25,26-19-11-4-12-20-26)28(32)31-22-21-27(23-13-5-1-6-14-23)24-15-7-2-8-16-24/h1-20,27H,21-22H2,(H,31,32). The van der Waals surface area contributed by atoms with E-state index in [1.165, 1.54) is 11.1 Å². The molecule has 0 unspecified atom stereocenters. The van der Waals surface area contributed by atoms with Crippen LogP contribution in [-0.2, 0) is 9.67 Å². The highest BCUT2D eigenvalue weighted by atomic mass is 35.5. The fraction of sp³-hybridized carbons (Fsp3) is 0.138. The number of halogens is 1. The predicted octanol–water partition coefficient (Wildman–Crippen LogP) is 6.51. The number of amides is 1. The molecule has 4 aromatic carbocycles. The Hall–Kier alpha value is -3.36. The summed E-state index contributed by atoms with van der Waals surface area (Å²) in [7, 11) is 0.